The van der Waals surface area contributed by atoms with Crippen LogP contribution in [-0.2, 0) is 12.8 Å². The highest BCUT2D eigenvalue weighted by molar-refractivity contribution is 6.30. The van der Waals surface area contributed by atoms with Crippen LogP contribution in [-0.4, -0.2) is 10.8 Å². The standard InChI is InChI=1S/C18H15ClN2O2/c19-12-7-5-10(6-8-12)16(22)17-15(20)13-9-11-3-1-2-4-14(11)21-18(13)23-17/h5-9H,1-4,20H2. The number of nitrogens with zero attached hydrogens (tertiary/aromatic N) is 1. The van der Waals surface area contributed by atoms with E-state index in [1.54, 1.807) is 24.3 Å². The molecular formula is C18H15ClN2O2. The normalized spacial score (nSPS) is 14.0. The Morgan fingerprint density at radius 3 is 2.70 bits per heavy atom. The van der Waals surface area contributed by atoms with E-state index in [-0.39, 0.29) is 11.5 Å². The number of aromatic nitrogens is 1. The molecule has 23 heavy (non-hydrogen) atoms. The van der Waals surface area contributed by atoms with Crippen LogP contribution in [0.5, 0.6) is 0 Å². The molecule has 0 fully saturated rings. The van der Waals surface area contributed by atoms with Crippen LogP contribution in [0.4, 0.5) is 5.69 Å². The summed E-state index contributed by atoms with van der Waals surface area (Å²) in [4.78, 5) is 17.2. The van der Waals surface area contributed by atoms with E-state index in [9.17, 15) is 4.79 Å². The molecule has 0 radical (unpaired) electrons. The molecule has 0 aliphatic heterocycles. The monoisotopic (exact) mass is 326 g/mol. The number of benzene rings is 1. The summed E-state index contributed by atoms with van der Waals surface area (Å²) in [5.74, 6) is -0.104. The van der Waals surface area contributed by atoms with E-state index < -0.39 is 0 Å². The fourth-order valence-corrected chi connectivity index (χ4v) is 3.19. The first-order chi connectivity index (χ1) is 11.1. The molecule has 0 spiro atoms. The SMILES string of the molecule is Nc1c(C(=O)c2ccc(Cl)cc2)oc2nc3c(cc12)CCCC3. The zero-order chi connectivity index (χ0) is 16.0. The molecule has 2 N–H and O–H groups in total. The molecule has 2 aromatic heterocycles. The first-order valence-corrected chi connectivity index (χ1v) is 8.02. The number of nitrogen functional groups attached to an aromatic ring is 1. The van der Waals surface area contributed by atoms with E-state index in [4.69, 9.17) is 21.8 Å². The van der Waals surface area contributed by atoms with Crippen LogP contribution < -0.4 is 5.73 Å². The fraction of sp³-hybridized carbons (Fsp3) is 0.222. The number of halogens is 1. The Hall–Kier alpha value is -2.33. The molecule has 2 heterocycles. The van der Waals surface area contributed by atoms with Gasteiger partial charge < -0.3 is 10.2 Å². The Kier molecular flexibility index (Phi) is 3.34. The lowest BCUT2D eigenvalue weighted by molar-refractivity contribution is 0.101. The highest BCUT2D eigenvalue weighted by Gasteiger charge is 2.23. The third-order valence-electron chi connectivity index (χ3n) is 4.31. The zero-order valence-corrected chi connectivity index (χ0v) is 13.2. The van der Waals surface area contributed by atoms with Gasteiger partial charge in [-0.2, -0.15) is 0 Å². The van der Waals surface area contributed by atoms with Crippen molar-refractivity contribution < 1.29 is 9.21 Å². The van der Waals surface area contributed by atoms with Gasteiger partial charge >= 0.3 is 0 Å². The maximum Gasteiger partial charge on any atom is 0.230 e. The molecule has 0 bridgehead atoms. The molecule has 4 rings (SSSR count). The summed E-state index contributed by atoms with van der Waals surface area (Å²) in [6, 6.07) is 8.69. The van der Waals surface area contributed by atoms with E-state index in [2.05, 4.69) is 4.98 Å². The van der Waals surface area contributed by atoms with Crippen molar-refractivity contribution in [2.45, 2.75) is 25.7 Å². The number of aryl methyl sites for hydroxylation is 2. The minimum Gasteiger partial charge on any atom is -0.432 e. The van der Waals surface area contributed by atoms with Crippen LogP contribution >= 0.6 is 11.6 Å². The molecule has 4 nitrogen and oxygen atoms in total. The lowest BCUT2D eigenvalue weighted by Gasteiger charge is -2.13. The Labute approximate surface area is 138 Å². The number of nitrogens with two attached hydrogens (primary N) is 1. The summed E-state index contributed by atoms with van der Waals surface area (Å²) in [5, 5.41) is 1.30. The molecule has 0 atom stereocenters. The Morgan fingerprint density at radius 1 is 1.17 bits per heavy atom. The van der Waals surface area contributed by atoms with Gasteiger partial charge in [0.2, 0.25) is 17.3 Å². The predicted octanol–water partition coefficient (Wildman–Crippen LogP) is 4.17. The lowest BCUT2D eigenvalue weighted by Crippen LogP contribution is -2.05. The summed E-state index contributed by atoms with van der Waals surface area (Å²) in [6.45, 7) is 0. The average molecular weight is 327 g/mol. The number of hydrogen-bond donors (Lipinski definition) is 1. The number of anilines is 1. The molecule has 1 aliphatic carbocycles. The number of ketones is 1. The van der Waals surface area contributed by atoms with Crippen LogP contribution in [0.3, 0.4) is 0 Å². The first-order valence-electron chi connectivity index (χ1n) is 7.64. The van der Waals surface area contributed by atoms with E-state index >= 15 is 0 Å². The van der Waals surface area contributed by atoms with Crippen molar-refractivity contribution in [1.29, 1.82) is 0 Å². The van der Waals surface area contributed by atoms with Crippen LogP contribution in [0.15, 0.2) is 34.7 Å². The molecule has 0 saturated heterocycles. The summed E-state index contributed by atoms with van der Waals surface area (Å²) in [5.41, 5.74) is 9.73. The Balaban J connectivity index is 1.82. The third kappa shape index (κ3) is 2.39. The second-order valence-corrected chi connectivity index (χ2v) is 6.27. The van der Waals surface area contributed by atoms with E-state index in [1.807, 2.05) is 6.07 Å². The Morgan fingerprint density at radius 2 is 1.91 bits per heavy atom. The molecule has 1 aromatic carbocycles. The van der Waals surface area contributed by atoms with Crippen molar-refractivity contribution in [3.05, 3.63) is 57.9 Å². The van der Waals surface area contributed by atoms with E-state index in [0.717, 1.165) is 36.8 Å². The van der Waals surface area contributed by atoms with Gasteiger partial charge in [-0.3, -0.25) is 4.79 Å². The van der Waals surface area contributed by atoms with Crippen molar-refractivity contribution in [1.82, 2.24) is 4.98 Å². The molecule has 0 unspecified atom stereocenters. The second kappa shape index (κ2) is 5.39. The topological polar surface area (TPSA) is 69.1 Å². The highest BCUT2D eigenvalue weighted by atomic mass is 35.5. The third-order valence-corrected chi connectivity index (χ3v) is 4.56. The molecule has 5 heteroatoms. The minimum absolute atomic E-state index is 0.150. The van der Waals surface area contributed by atoms with Gasteiger partial charge in [-0.15, -0.1) is 0 Å². The molecule has 0 saturated carbocycles. The summed E-state index contributed by atoms with van der Waals surface area (Å²) >= 11 is 5.86. The van der Waals surface area contributed by atoms with Crippen LogP contribution in [0.25, 0.3) is 11.1 Å². The number of carbonyl (C=O) groups is 1. The minimum atomic E-state index is -0.255. The first kappa shape index (κ1) is 14.3. The van der Waals surface area contributed by atoms with Gasteiger partial charge in [-0.1, -0.05) is 11.6 Å². The number of carbonyl (C=O) groups excluding carboxylic acids is 1. The predicted molar refractivity (Wildman–Crippen MR) is 89.9 cm³/mol. The van der Waals surface area contributed by atoms with Crippen molar-refractivity contribution in [2.24, 2.45) is 0 Å². The Bertz CT molecular complexity index is 913. The van der Waals surface area contributed by atoms with E-state index in [0.29, 0.717) is 22.0 Å². The average Bonchev–Trinajstić information content (AvgIpc) is 2.89. The largest absolute Gasteiger partial charge is 0.432 e. The van der Waals surface area contributed by atoms with Gasteiger partial charge in [-0.05, 0) is 61.6 Å². The smallest absolute Gasteiger partial charge is 0.230 e. The summed E-state index contributed by atoms with van der Waals surface area (Å²) in [6.07, 6.45) is 4.25. The number of rotatable bonds is 2. The molecule has 1 aliphatic rings. The van der Waals surface area contributed by atoms with Crippen molar-refractivity contribution in [3.63, 3.8) is 0 Å². The van der Waals surface area contributed by atoms with E-state index in [1.165, 1.54) is 5.56 Å². The number of fused-ring (bicyclic) bond motifs is 2. The van der Waals surface area contributed by atoms with Gasteiger partial charge in [-0.25, -0.2) is 4.98 Å². The summed E-state index contributed by atoms with van der Waals surface area (Å²) in [7, 11) is 0. The lowest BCUT2D eigenvalue weighted by atomic mass is 9.95. The molecule has 0 amide bonds. The maximum absolute atomic E-state index is 12.6. The molecular weight excluding hydrogens is 312 g/mol. The van der Waals surface area contributed by atoms with Crippen molar-refractivity contribution in [3.8, 4) is 0 Å². The highest BCUT2D eigenvalue weighted by Crippen LogP contribution is 2.32. The molecule has 116 valence electrons. The number of pyridine rings is 1. The molecule has 3 aromatic rings. The van der Waals surface area contributed by atoms with Crippen molar-refractivity contribution in [2.75, 3.05) is 5.73 Å². The number of furan rings is 1. The van der Waals surface area contributed by atoms with Crippen LogP contribution in [0.1, 0.15) is 40.2 Å². The van der Waals surface area contributed by atoms with Gasteiger partial charge in [0.05, 0.1) is 11.1 Å². The number of hydrogen-bond acceptors (Lipinski definition) is 4. The van der Waals surface area contributed by atoms with Gasteiger partial charge in [0.25, 0.3) is 0 Å². The van der Waals surface area contributed by atoms with Gasteiger partial charge in [0.1, 0.15) is 0 Å². The second-order valence-electron chi connectivity index (χ2n) is 5.83. The fourth-order valence-electron chi connectivity index (χ4n) is 3.06. The maximum atomic E-state index is 12.6. The quantitative estimate of drug-likeness (QED) is 0.717. The van der Waals surface area contributed by atoms with Crippen LogP contribution in [0, 0.1) is 0 Å². The van der Waals surface area contributed by atoms with Gasteiger partial charge in [0, 0.05) is 16.3 Å². The summed E-state index contributed by atoms with van der Waals surface area (Å²) < 4.78 is 5.69. The van der Waals surface area contributed by atoms with Crippen molar-refractivity contribution >= 4 is 34.2 Å². The van der Waals surface area contributed by atoms with Crippen LogP contribution in [0.2, 0.25) is 5.02 Å². The van der Waals surface area contributed by atoms with Gasteiger partial charge in [0.15, 0.2) is 0 Å². The zero-order valence-electron chi connectivity index (χ0n) is 12.4.